The number of benzene rings is 12. The molecule has 0 bridgehead atoms. The number of rotatable bonds is 8. The fraction of sp³-hybridized carbons (Fsp3) is 0. The second kappa shape index (κ2) is 18.2. The number of nitrogens with zero attached hydrogens (tertiary/aromatic N) is 6. The van der Waals surface area contributed by atoms with Crippen LogP contribution in [0.5, 0.6) is 0 Å². The van der Waals surface area contributed by atoms with Crippen molar-refractivity contribution in [3.63, 3.8) is 0 Å². The summed E-state index contributed by atoms with van der Waals surface area (Å²) in [4.78, 5) is 10.6. The van der Waals surface area contributed by atoms with Crippen LogP contribution in [-0.2, 0) is 0 Å². The Morgan fingerprint density at radius 1 is 0.183 bits per heavy atom. The van der Waals surface area contributed by atoms with E-state index in [4.69, 9.17) is 9.97 Å². The Labute approximate surface area is 471 Å². The molecule has 6 heteroatoms. The Balaban J connectivity index is 0.899. The third-order valence-corrected chi connectivity index (χ3v) is 16.7. The first-order chi connectivity index (χ1) is 40.7. The van der Waals surface area contributed by atoms with Crippen molar-refractivity contribution in [2.45, 2.75) is 0 Å². The third-order valence-electron chi connectivity index (χ3n) is 16.7. The second-order valence-corrected chi connectivity index (χ2v) is 21.4. The average molecular weight is 1050 g/mol. The molecule has 0 spiro atoms. The van der Waals surface area contributed by atoms with Crippen LogP contribution in [0.15, 0.2) is 291 Å². The van der Waals surface area contributed by atoms with E-state index in [-0.39, 0.29) is 0 Å². The number of hydrogen-bond donors (Lipinski definition) is 0. The minimum absolute atomic E-state index is 0.670. The number of fused-ring (bicyclic) bond motifs is 12. The Morgan fingerprint density at radius 3 is 0.951 bits per heavy atom. The lowest BCUT2D eigenvalue weighted by Gasteiger charge is -2.13. The molecule has 0 aliphatic carbocycles. The van der Waals surface area contributed by atoms with Gasteiger partial charge in [-0.05, 0) is 126 Å². The summed E-state index contributed by atoms with van der Waals surface area (Å²) in [5.41, 5.74) is 20.7. The average Bonchev–Trinajstić information content (AvgIpc) is 2.47. The molecule has 0 amide bonds. The Kier molecular flexibility index (Phi) is 10.2. The summed E-state index contributed by atoms with van der Waals surface area (Å²) in [6, 6.07) is 105. The molecule has 5 aromatic heterocycles. The number of para-hydroxylation sites is 5. The molecule has 12 aromatic carbocycles. The van der Waals surface area contributed by atoms with E-state index in [1.165, 1.54) is 65.2 Å². The summed E-state index contributed by atoms with van der Waals surface area (Å²) in [5.74, 6) is 0.670. The van der Waals surface area contributed by atoms with E-state index >= 15 is 0 Å². The van der Waals surface area contributed by atoms with Crippen LogP contribution < -0.4 is 0 Å². The molecule has 17 aromatic rings. The molecule has 6 nitrogen and oxygen atoms in total. The highest BCUT2D eigenvalue weighted by atomic mass is 15.0. The maximum atomic E-state index is 5.28. The summed E-state index contributed by atoms with van der Waals surface area (Å²) in [5, 5.41) is 9.67. The fourth-order valence-corrected chi connectivity index (χ4v) is 13.0. The highest BCUT2D eigenvalue weighted by Crippen LogP contribution is 2.44. The highest BCUT2D eigenvalue weighted by Gasteiger charge is 2.23. The third kappa shape index (κ3) is 7.15. The molecule has 0 atom stereocenters. The van der Waals surface area contributed by atoms with Crippen molar-refractivity contribution in [2.75, 3.05) is 0 Å². The first-order valence-corrected chi connectivity index (χ1v) is 28.0. The summed E-state index contributed by atoms with van der Waals surface area (Å²) in [6.45, 7) is 0. The maximum absolute atomic E-state index is 5.28. The maximum Gasteiger partial charge on any atom is 0.160 e. The second-order valence-electron chi connectivity index (χ2n) is 21.4. The topological polar surface area (TPSA) is 45.5 Å². The first-order valence-electron chi connectivity index (χ1n) is 28.0. The van der Waals surface area contributed by atoms with Crippen LogP contribution in [0.4, 0.5) is 0 Å². The molecule has 0 radical (unpaired) electrons. The van der Waals surface area contributed by atoms with Crippen molar-refractivity contribution in [3.05, 3.63) is 291 Å². The van der Waals surface area contributed by atoms with Crippen molar-refractivity contribution in [2.24, 2.45) is 0 Å². The Hall–Kier alpha value is -11.1. The van der Waals surface area contributed by atoms with Gasteiger partial charge in [-0.25, -0.2) is 9.97 Å². The normalized spacial score (nSPS) is 11.9. The van der Waals surface area contributed by atoms with Crippen LogP contribution in [0.25, 0.3) is 155 Å². The van der Waals surface area contributed by atoms with Crippen LogP contribution in [0.1, 0.15) is 0 Å². The van der Waals surface area contributed by atoms with E-state index in [1.807, 2.05) is 12.1 Å². The van der Waals surface area contributed by atoms with E-state index in [2.05, 4.69) is 297 Å². The molecule has 5 heterocycles. The van der Waals surface area contributed by atoms with Crippen molar-refractivity contribution < 1.29 is 0 Å². The molecule has 82 heavy (non-hydrogen) atoms. The number of hydrogen-bond acceptors (Lipinski definition) is 2. The quantitative estimate of drug-likeness (QED) is 0.152. The van der Waals surface area contributed by atoms with Crippen molar-refractivity contribution >= 4 is 87.2 Å². The molecule has 0 unspecified atom stereocenters. The van der Waals surface area contributed by atoms with Crippen LogP contribution >= 0.6 is 0 Å². The predicted octanol–water partition coefficient (Wildman–Crippen LogP) is 19.5. The molecule has 0 aliphatic heterocycles. The minimum Gasteiger partial charge on any atom is -0.309 e. The van der Waals surface area contributed by atoms with Gasteiger partial charge in [0.25, 0.3) is 0 Å². The molecular formula is C76H48N6. The predicted molar refractivity (Wildman–Crippen MR) is 341 cm³/mol. The molecule has 0 saturated carbocycles. The largest absolute Gasteiger partial charge is 0.309 e. The molecular weight excluding hydrogens is 997 g/mol. The van der Waals surface area contributed by atoms with Gasteiger partial charge in [0.15, 0.2) is 5.82 Å². The van der Waals surface area contributed by atoms with Gasteiger partial charge in [-0.15, -0.1) is 0 Å². The van der Waals surface area contributed by atoms with Gasteiger partial charge < -0.3 is 18.3 Å². The van der Waals surface area contributed by atoms with Gasteiger partial charge in [0.2, 0.25) is 0 Å². The summed E-state index contributed by atoms with van der Waals surface area (Å²) in [6.07, 6.45) is 0. The van der Waals surface area contributed by atoms with Crippen LogP contribution in [-0.4, -0.2) is 28.2 Å². The fourth-order valence-electron chi connectivity index (χ4n) is 13.0. The standard InChI is InChI=1S/C76H48N6/c1-6-21-49(22-7-1)66-46-67(50-23-8-2-9-24-50)78-76(77-66)53-25-20-32-57(41-53)82-71-40-38-52(43-61(71)65-45-63-59-34-17-19-36-69(59)80(73(63)48-75(65)82)55-28-12-4-13-29-55)51-37-39-70-60(42-51)64-44-62-58-33-16-18-35-68(58)79(54-26-10-3-11-27-54)72(62)47-74(64)81(70)56-30-14-5-15-31-56/h1-48H. The molecule has 17 rings (SSSR count). The van der Waals surface area contributed by atoms with Crippen LogP contribution in [0, 0.1) is 0 Å². The zero-order chi connectivity index (χ0) is 53.8. The zero-order valence-corrected chi connectivity index (χ0v) is 44.4. The Bertz CT molecular complexity index is 5310. The minimum atomic E-state index is 0.670. The van der Waals surface area contributed by atoms with Gasteiger partial charge in [0.1, 0.15) is 0 Å². The summed E-state index contributed by atoms with van der Waals surface area (Å²) >= 11 is 0. The van der Waals surface area contributed by atoms with Crippen LogP contribution in [0.2, 0.25) is 0 Å². The summed E-state index contributed by atoms with van der Waals surface area (Å²) in [7, 11) is 0. The number of aromatic nitrogens is 6. The molecule has 0 N–H and O–H groups in total. The van der Waals surface area contributed by atoms with Crippen molar-refractivity contribution in [3.8, 4) is 67.8 Å². The van der Waals surface area contributed by atoms with Gasteiger partial charge in [0.05, 0.1) is 55.5 Å². The van der Waals surface area contributed by atoms with E-state index in [0.717, 1.165) is 84.0 Å². The van der Waals surface area contributed by atoms with Crippen LogP contribution in [0.3, 0.4) is 0 Å². The molecule has 0 aliphatic rings. The summed E-state index contributed by atoms with van der Waals surface area (Å²) < 4.78 is 9.71. The lowest BCUT2D eigenvalue weighted by molar-refractivity contribution is 1.15. The Morgan fingerprint density at radius 2 is 0.512 bits per heavy atom. The van der Waals surface area contributed by atoms with E-state index in [1.54, 1.807) is 0 Å². The van der Waals surface area contributed by atoms with E-state index < -0.39 is 0 Å². The van der Waals surface area contributed by atoms with Gasteiger partial charge >= 0.3 is 0 Å². The van der Waals surface area contributed by atoms with E-state index in [9.17, 15) is 0 Å². The first kappa shape index (κ1) is 45.9. The highest BCUT2D eigenvalue weighted by molar-refractivity contribution is 6.21. The van der Waals surface area contributed by atoms with Gasteiger partial charge in [0, 0.05) is 82.5 Å². The molecule has 0 fully saturated rings. The molecule has 0 saturated heterocycles. The SMILES string of the molecule is c1ccc(-c2cc(-c3ccccc3)nc(-c3cccc(-n4c5ccc(-c6ccc7c(c6)c6cc8c9ccccc9n(-c9ccccc9)c8cc6n7-c6ccccc6)cc5c5cc6c7ccccc7n(-c7ccccc7)c6cc54)c3)n2)cc1. The lowest BCUT2D eigenvalue weighted by atomic mass is 9.99. The van der Waals surface area contributed by atoms with Gasteiger partial charge in [-0.1, -0.05) is 176 Å². The monoisotopic (exact) mass is 1040 g/mol. The van der Waals surface area contributed by atoms with Crippen molar-refractivity contribution in [1.29, 1.82) is 0 Å². The van der Waals surface area contributed by atoms with E-state index in [0.29, 0.717) is 5.82 Å². The zero-order valence-electron chi connectivity index (χ0n) is 44.4. The molecule has 382 valence electrons. The smallest absolute Gasteiger partial charge is 0.160 e. The van der Waals surface area contributed by atoms with Gasteiger partial charge in [-0.3, -0.25) is 0 Å². The van der Waals surface area contributed by atoms with Gasteiger partial charge in [-0.2, -0.15) is 0 Å². The van der Waals surface area contributed by atoms with Crippen molar-refractivity contribution in [1.82, 2.24) is 28.2 Å². The lowest BCUT2D eigenvalue weighted by Crippen LogP contribution is -1.98.